The minimum absolute atomic E-state index is 0.0305. The predicted molar refractivity (Wildman–Crippen MR) is 83.8 cm³/mol. The van der Waals surface area contributed by atoms with E-state index in [4.69, 9.17) is 4.74 Å². The summed E-state index contributed by atoms with van der Waals surface area (Å²) in [5, 5.41) is 2.89. The van der Waals surface area contributed by atoms with E-state index in [2.05, 4.69) is 29.9 Å². The highest BCUT2D eigenvalue weighted by Gasteiger charge is 2.34. The van der Waals surface area contributed by atoms with E-state index >= 15 is 0 Å². The Morgan fingerprint density at radius 1 is 1.48 bits per heavy atom. The van der Waals surface area contributed by atoms with Crippen LogP contribution in [0.25, 0.3) is 0 Å². The fraction of sp³-hybridized carbons (Fsp3) is 0.471. The van der Waals surface area contributed by atoms with Crippen LogP contribution in [0.15, 0.2) is 30.1 Å². The lowest BCUT2D eigenvalue weighted by atomic mass is 9.84. The minimum Gasteiger partial charge on any atom is -0.369 e. The Hall–Kier alpha value is -1.81. The fourth-order valence-corrected chi connectivity index (χ4v) is 2.96. The van der Waals surface area contributed by atoms with Gasteiger partial charge in [0.25, 0.3) is 0 Å². The van der Waals surface area contributed by atoms with Crippen molar-refractivity contribution < 1.29 is 9.53 Å². The SMILES string of the molecule is CCC(=O)NC1=CCC(OC)(c2c(C)cn(C)c2C)C=C1. The van der Waals surface area contributed by atoms with Crippen molar-refractivity contribution in [1.82, 2.24) is 9.88 Å². The molecule has 114 valence electrons. The van der Waals surface area contributed by atoms with Crippen molar-refractivity contribution in [2.45, 2.75) is 39.2 Å². The van der Waals surface area contributed by atoms with Gasteiger partial charge in [0.2, 0.25) is 5.91 Å². The average molecular weight is 288 g/mol. The van der Waals surface area contributed by atoms with Crippen molar-refractivity contribution in [3.63, 3.8) is 0 Å². The smallest absolute Gasteiger partial charge is 0.224 e. The molecule has 0 spiro atoms. The summed E-state index contributed by atoms with van der Waals surface area (Å²) in [7, 11) is 3.78. The second-order valence-corrected chi connectivity index (χ2v) is 5.58. The third kappa shape index (κ3) is 2.81. The van der Waals surface area contributed by atoms with Gasteiger partial charge in [0, 0.05) is 50.2 Å². The molecule has 1 unspecified atom stereocenters. The normalized spacial score (nSPS) is 21.3. The van der Waals surface area contributed by atoms with Crippen molar-refractivity contribution in [2.75, 3.05) is 7.11 Å². The van der Waals surface area contributed by atoms with E-state index in [1.54, 1.807) is 7.11 Å². The van der Waals surface area contributed by atoms with Gasteiger partial charge in [-0.2, -0.15) is 0 Å². The first-order valence-electron chi connectivity index (χ1n) is 7.31. The first-order valence-corrected chi connectivity index (χ1v) is 7.31. The second-order valence-electron chi connectivity index (χ2n) is 5.58. The summed E-state index contributed by atoms with van der Waals surface area (Å²) in [4.78, 5) is 11.5. The number of nitrogens with one attached hydrogen (secondary N) is 1. The summed E-state index contributed by atoms with van der Waals surface area (Å²) in [5.41, 5.74) is 4.03. The van der Waals surface area contributed by atoms with Crippen LogP contribution in [-0.2, 0) is 22.2 Å². The van der Waals surface area contributed by atoms with Crippen molar-refractivity contribution in [3.05, 3.63) is 46.9 Å². The molecule has 1 heterocycles. The zero-order valence-corrected chi connectivity index (χ0v) is 13.5. The number of carbonyl (C=O) groups is 1. The van der Waals surface area contributed by atoms with Gasteiger partial charge >= 0.3 is 0 Å². The van der Waals surface area contributed by atoms with Crippen LogP contribution in [0.1, 0.15) is 36.6 Å². The molecular weight excluding hydrogens is 264 g/mol. The van der Waals surface area contributed by atoms with Gasteiger partial charge in [0.05, 0.1) is 0 Å². The van der Waals surface area contributed by atoms with Gasteiger partial charge in [-0.25, -0.2) is 0 Å². The molecule has 0 saturated heterocycles. The maximum Gasteiger partial charge on any atom is 0.224 e. The van der Waals surface area contributed by atoms with Gasteiger partial charge in [-0.1, -0.05) is 13.0 Å². The molecule has 1 amide bonds. The first kappa shape index (κ1) is 15.6. The molecule has 0 aromatic carbocycles. The second kappa shape index (κ2) is 5.90. The lowest BCUT2D eigenvalue weighted by molar-refractivity contribution is -0.120. The van der Waals surface area contributed by atoms with Crippen molar-refractivity contribution >= 4 is 5.91 Å². The molecule has 4 heteroatoms. The zero-order valence-electron chi connectivity index (χ0n) is 13.5. The molecule has 0 fully saturated rings. The summed E-state index contributed by atoms with van der Waals surface area (Å²) in [6.45, 7) is 6.06. The molecule has 4 nitrogen and oxygen atoms in total. The molecule has 0 bridgehead atoms. The van der Waals surface area contributed by atoms with Crippen LogP contribution in [0.4, 0.5) is 0 Å². The zero-order chi connectivity index (χ0) is 15.6. The lowest BCUT2D eigenvalue weighted by Gasteiger charge is -2.32. The molecule has 1 aromatic rings. The van der Waals surface area contributed by atoms with E-state index in [1.165, 1.54) is 16.8 Å². The number of hydrogen-bond donors (Lipinski definition) is 1. The molecule has 1 N–H and O–H groups in total. The number of rotatable bonds is 4. The number of nitrogens with zero attached hydrogens (tertiary/aromatic N) is 1. The van der Waals surface area contributed by atoms with Crippen LogP contribution >= 0.6 is 0 Å². The summed E-state index contributed by atoms with van der Waals surface area (Å²) in [6.07, 6.45) is 9.34. The van der Waals surface area contributed by atoms with Crippen LogP contribution in [0.3, 0.4) is 0 Å². The Kier molecular flexibility index (Phi) is 4.37. The van der Waals surface area contributed by atoms with Crippen LogP contribution in [0.2, 0.25) is 0 Å². The molecule has 2 rings (SSSR count). The van der Waals surface area contributed by atoms with Crippen LogP contribution in [0.5, 0.6) is 0 Å². The quantitative estimate of drug-likeness (QED) is 0.926. The molecular formula is C17H24N2O2. The Balaban J connectivity index is 2.31. The minimum atomic E-state index is -0.449. The Morgan fingerprint density at radius 3 is 2.62 bits per heavy atom. The van der Waals surface area contributed by atoms with E-state index in [9.17, 15) is 4.79 Å². The first-order chi connectivity index (χ1) is 9.93. The lowest BCUT2D eigenvalue weighted by Crippen LogP contribution is -2.31. The van der Waals surface area contributed by atoms with Gasteiger partial charge in [-0.15, -0.1) is 0 Å². The Bertz CT molecular complexity index is 611. The highest BCUT2D eigenvalue weighted by Crippen LogP contribution is 2.38. The highest BCUT2D eigenvalue weighted by molar-refractivity contribution is 5.78. The summed E-state index contributed by atoms with van der Waals surface area (Å²) < 4.78 is 7.98. The third-order valence-corrected chi connectivity index (χ3v) is 4.22. The van der Waals surface area contributed by atoms with Gasteiger partial charge in [0.15, 0.2) is 0 Å². The molecule has 0 aliphatic heterocycles. The standard InChI is InChI=1S/C17H24N2O2/c1-6-15(20)18-14-7-9-17(21-5,10-8-14)16-12(2)11-19(4)13(16)3/h7-9,11H,6,10H2,1-5H3,(H,18,20). The molecule has 0 radical (unpaired) electrons. The summed E-state index contributed by atoms with van der Waals surface area (Å²) in [6, 6.07) is 0. The number of ether oxygens (including phenoxy) is 1. The maximum absolute atomic E-state index is 11.5. The predicted octanol–water partition coefficient (Wildman–Crippen LogP) is 2.85. The molecule has 1 aliphatic rings. The fourth-order valence-electron chi connectivity index (χ4n) is 2.96. The third-order valence-electron chi connectivity index (χ3n) is 4.22. The highest BCUT2D eigenvalue weighted by atomic mass is 16.5. The monoisotopic (exact) mass is 288 g/mol. The van der Waals surface area contributed by atoms with Gasteiger partial charge in [-0.3, -0.25) is 4.79 Å². The van der Waals surface area contributed by atoms with E-state index < -0.39 is 5.60 Å². The summed E-state index contributed by atoms with van der Waals surface area (Å²) >= 11 is 0. The molecule has 1 aromatic heterocycles. The maximum atomic E-state index is 11.5. The number of allylic oxidation sites excluding steroid dienone is 1. The topological polar surface area (TPSA) is 43.3 Å². The number of methoxy groups -OCH3 is 1. The van der Waals surface area contributed by atoms with E-state index in [0.717, 1.165) is 5.70 Å². The van der Waals surface area contributed by atoms with Crippen LogP contribution < -0.4 is 5.32 Å². The van der Waals surface area contributed by atoms with Crippen molar-refractivity contribution in [2.24, 2.45) is 7.05 Å². The van der Waals surface area contributed by atoms with E-state index in [0.29, 0.717) is 12.8 Å². The Morgan fingerprint density at radius 2 is 2.19 bits per heavy atom. The number of hydrogen-bond acceptors (Lipinski definition) is 2. The number of aromatic nitrogens is 1. The van der Waals surface area contributed by atoms with Crippen molar-refractivity contribution in [1.29, 1.82) is 0 Å². The van der Waals surface area contributed by atoms with E-state index in [1.807, 2.05) is 32.2 Å². The number of aryl methyl sites for hydroxylation is 2. The van der Waals surface area contributed by atoms with Gasteiger partial charge in [0.1, 0.15) is 5.60 Å². The molecule has 0 saturated carbocycles. The largest absolute Gasteiger partial charge is 0.369 e. The van der Waals surface area contributed by atoms with Crippen LogP contribution in [0, 0.1) is 13.8 Å². The van der Waals surface area contributed by atoms with Crippen LogP contribution in [-0.4, -0.2) is 17.6 Å². The van der Waals surface area contributed by atoms with E-state index in [-0.39, 0.29) is 5.91 Å². The molecule has 1 atom stereocenters. The summed E-state index contributed by atoms with van der Waals surface area (Å²) in [5.74, 6) is 0.0305. The number of amides is 1. The molecule has 1 aliphatic carbocycles. The van der Waals surface area contributed by atoms with Gasteiger partial charge < -0.3 is 14.6 Å². The molecule has 21 heavy (non-hydrogen) atoms. The average Bonchev–Trinajstić information content (AvgIpc) is 2.74. The Labute approximate surface area is 126 Å². The van der Waals surface area contributed by atoms with Crippen molar-refractivity contribution in [3.8, 4) is 0 Å². The van der Waals surface area contributed by atoms with Gasteiger partial charge in [-0.05, 0) is 31.6 Å². The number of carbonyl (C=O) groups excluding carboxylic acids is 1.